The standard InChI is InChI=1S/C20H21N3O4/c1-27-20(26)14-7-2-3-8-15(14)22-18(24)13-21-16-9-4-5-10-17(16)23-12-6-11-19(23)25/h2-5,7-10,21H,6,11-13H2,1H3,(H,22,24). The average Bonchev–Trinajstić information content (AvgIpc) is 3.12. The molecular weight excluding hydrogens is 346 g/mol. The SMILES string of the molecule is COC(=O)c1ccccc1NC(=O)CNc1ccccc1N1CCCC1=O. The quantitative estimate of drug-likeness (QED) is 0.767. The zero-order valence-electron chi connectivity index (χ0n) is 15.0. The van der Waals surface area contributed by atoms with Gasteiger partial charge in [-0.25, -0.2) is 4.79 Å². The van der Waals surface area contributed by atoms with Crippen molar-refractivity contribution in [2.75, 3.05) is 35.7 Å². The Balaban J connectivity index is 1.67. The molecular formula is C20H21N3O4. The zero-order valence-corrected chi connectivity index (χ0v) is 15.0. The van der Waals surface area contributed by atoms with Crippen molar-refractivity contribution in [3.8, 4) is 0 Å². The number of carbonyl (C=O) groups excluding carboxylic acids is 3. The molecule has 2 aromatic rings. The van der Waals surface area contributed by atoms with Crippen molar-refractivity contribution < 1.29 is 19.1 Å². The van der Waals surface area contributed by atoms with Gasteiger partial charge in [0.25, 0.3) is 0 Å². The number of amides is 2. The van der Waals surface area contributed by atoms with E-state index in [9.17, 15) is 14.4 Å². The molecule has 140 valence electrons. The third kappa shape index (κ3) is 4.25. The Labute approximate surface area is 157 Å². The van der Waals surface area contributed by atoms with Crippen LogP contribution in [0.4, 0.5) is 17.1 Å². The molecule has 0 unspecified atom stereocenters. The molecule has 0 atom stereocenters. The zero-order chi connectivity index (χ0) is 19.2. The highest BCUT2D eigenvalue weighted by atomic mass is 16.5. The molecule has 3 rings (SSSR count). The molecule has 27 heavy (non-hydrogen) atoms. The normalized spacial score (nSPS) is 13.4. The summed E-state index contributed by atoms with van der Waals surface area (Å²) in [4.78, 5) is 37.9. The lowest BCUT2D eigenvalue weighted by Gasteiger charge is -2.20. The van der Waals surface area contributed by atoms with Crippen molar-refractivity contribution in [2.24, 2.45) is 0 Å². The van der Waals surface area contributed by atoms with Crippen LogP contribution in [0.1, 0.15) is 23.2 Å². The van der Waals surface area contributed by atoms with Crippen LogP contribution < -0.4 is 15.5 Å². The first-order valence-electron chi connectivity index (χ1n) is 8.70. The van der Waals surface area contributed by atoms with Gasteiger partial charge in [-0.15, -0.1) is 0 Å². The van der Waals surface area contributed by atoms with Crippen LogP contribution in [0.3, 0.4) is 0 Å². The number of rotatable bonds is 6. The Bertz CT molecular complexity index is 866. The number of anilines is 3. The van der Waals surface area contributed by atoms with E-state index in [2.05, 4.69) is 10.6 Å². The number of carbonyl (C=O) groups is 3. The van der Waals surface area contributed by atoms with E-state index in [4.69, 9.17) is 4.74 Å². The first-order valence-corrected chi connectivity index (χ1v) is 8.70. The number of hydrogen-bond acceptors (Lipinski definition) is 5. The fourth-order valence-corrected chi connectivity index (χ4v) is 3.01. The van der Waals surface area contributed by atoms with Crippen LogP contribution in [0.15, 0.2) is 48.5 Å². The van der Waals surface area contributed by atoms with Crippen LogP contribution in [0, 0.1) is 0 Å². The van der Waals surface area contributed by atoms with Crippen LogP contribution in [-0.2, 0) is 14.3 Å². The smallest absolute Gasteiger partial charge is 0.339 e. The van der Waals surface area contributed by atoms with Gasteiger partial charge in [0.05, 0.1) is 36.3 Å². The molecule has 0 aromatic heterocycles. The number of nitrogens with zero attached hydrogens (tertiary/aromatic N) is 1. The van der Waals surface area contributed by atoms with Crippen LogP contribution in [0.2, 0.25) is 0 Å². The van der Waals surface area contributed by atoms with Gasteiger partial charge in [0.2, 0.25) is 11.8 Å². The number of esters is 1. The molecule has 2 N–H and O–H groups in total. The highest BCUT2D eigenvalue weighted by molar-refractivity contribution is 6.03. The number of ether oxygens (including phenoxy) is 1. The van der Waals surface area contributed by atoms with Crippen LogP contribution >= 0.6 is 0 Å². The summed E-state index contributed by atoms with van der Waals surface area (Å²) in [5.74, 6) is -0.744. The molecule has 1 heterocycles. The van der Waals surface area contributed by atoms with Gasteiger partial charge < -0.3 is 20.3 Å². The second-order valence-electron chi connectivity index (χ2n) is 6.10. The fourth-order valence-electron chi connectivity index (χ4n) is 3.01. The highest BCUT2D eigenvalue weighted by Crippen LogP contribution is 2.29. The molecule has 0 aliphatic carbocycles. The number of benzene rings is 2. The van der Waals surface area contributed by atoms with Gasteiger partial charge in [-0.3, -0.25) is 9.59 Å². The predicted octanol–water partition coefficient (Wildman–Crippen LogP) is 2.65. The van der Waals surface area contributed by atoms with E-state index >= 15 is 0 Å². The van der Waals surface area contributed by atoms with E-state index in [1.54, 1.807) is 29.2 Å². The van der Waals surface area contributed by atoms with Gasteiger partial charge in [0.1, 0.15) is 0 Å². The van der Waals surface area contributed by atoms with Crippen LogP contribution in [0.5, 0.6) is 0 Å². The van der Waals surface area contributed by atoms with Crippen LogP contribution in [-0.4, -0.2) is 38.0 Å². The van der Waals surface area contributed by atoms with Crippen molar-refractivity contribution in [1.82, 2.24) is 0 Å². The van der Waals surface area contributed by atoms with Crippen molar-refractivity contribution in [3.63, 3.8) is 0 Å². The van der Waals surface area contributed by atoms with Crippen molar-refractivity contribution in [1.29, 1.82) is 0 Å². The van der Waals surface area contributed by atoms with E-state index in [1.165, 1.54) is 7.11 Å². The summed E-state index contributed by atoms with van der Waals surface area (Å²) in [5, 5.41) is 5.78. The minimum absolute atomic E-state index is 0.00541. The minimum atomic E-state index is -0.517. The average molecular weight is 367 g/mol. The van der Waals surface area contributed by atoms with Gasteiger partial charge in [0.15, 0.2) is 0 Å². The summed E-state index contributed by atoms with van der Waals surface area (Å²) in [6, 6.07) is 14.0. The lowest BCUT2D eigenvalue weighted by molar-refractivity contribution is -0.117. The molecule has 7 nitrogen and oxygen atoms in total. The predicted molar refractivity (Wildman–Crippen MR) is 103 cm³/mol. The Morgan fingerprint density at radius 1 is 1.07 bits per heavy atom. The summed E-state index contributed by atoms with van der Waals surface area (Å²) in [6.45, 7) is 0.671. The fraction of sp³-hybridized carbons (Fsp3) is 0.250. The molecule has 0 saturated carbocycles. The maximum Gasteiger partial charge on any atom is 0.339 e. The van der Waals surface area contributed by atoms with E-state index in [-0.39, 0.29) is 23.9 Å². The van der Waals surface area contributed by atoms with Gasteiger partial charge in [-0.05, 0) is 30.7 Å². The summed E-state index contributed by atoms with van der Waals surface area (Å²) in [7, 11) is 1.29. The Morgan fingerprint density at radius 2 is 1.78 bits per heavy atom. The summed E-state index contributed by atoms with van der Waals surface area (Å²) < 4.78 is 4.73. The maximum atomic E-state index is 12.3. The maximum absolute atomic E-state index is 12.3. The molecule has 1 aliphatic heterocycles. The molecule has 0 bridgehead atoms. The lowest BCUT2D eigenvalue weighted by atomic mass is 10.2. The second kappa shape index (κ2) is 8.35. The third-order valence-electron chi connectivity index (χ3n) is 4.31. The van der Waals surface area contributed by atoms with E-state index in [1.807, 2.05) is 24.3 Å². The van der Waals surface area contributed by atoms with Crippen LogP contribution in [0.25, 0.3) is 0 Å². The van der Waals surface area contributed by atoms with Crippen molar-refractivity contribution in [3.05, 3.63) is 54.1 Å². The minimum Gasteiger partial charge on any atom is -0.465 e. The van der Waals surface area contributed by atoms with Gasteiger partial charge in [0, 0.05) is 13.0 Å². The number of methoxy groups -OCH3 is 1. The Hall–Kier alpha value is -3.35. The van der Waals surface area contributed by atoms with Crippen molar-refractivity contribution in [2.45, 2.75) is 12.8 Å². The molecule has 7 heteroatoms. The van der Waals surface area contributed by atoms with Gasteiger partial charge in [-0.2, -0.15) is 0 Å². The number of para-hydroxylation sites is 3. The second-order valence-corrected chi connectivity index (χ2v) is 6.10. The van der Waals surface area contributed by atoms with E-state index < -0.39 is 5.97 Å². The van der Waals surface area contributed by atoms with E-state index in [0.29, 0.717) is 24.3 Å². The largest absolute Gasteiger partial charge is 0.465 e. The molecule has 2 aromatic carbocycles. The summed E-state index contributed by atoms with van der Waals surface area (Å²) in [5.41, 5.74) is 2.16. The van der Waals surface area contributed by atoms with Gasteiger partial charge in [-0.1, -0.05) is 24.3 Å². The first-order chi connectivity index (χ1) is 13.1. The van der Waals surface area contributed by atoms with E-state index in [0.717, 1.165) is 12.1 Å². The molecule has 0 spiro atoms. The Morgan fingerprint density at radius 3 is 2.48 bits per heavy atom. The topological polar surface area (TPSA) is 87.7 Å². The number of nitrogens with one attached hydrogen (secondary N) is 2. The Kier molecular flexibility index (Phi) is 5.71. The third-order valence-corrected chi connectivity index (χ3v) is 4.31. The highest BCUT2D eigenvalue weighted by Gasteiger charge is 2.23. The van der Waals surface area contributed by atoms with Crippen molar-refractivity contribution >= 4 is 34.8 Å². The monoisotopic (exact) mass is 367 g/mol. The molecule has 2 amide bonds. The summed E-state index contributed by atoms with van der Waals surface area (Å²) >= 11 is 0. The molecule has 1 aliphatic rings. The number of hydrogen-bond donors (Lipinski definition) is 2. The first kappa shape index (κ1) is 18.4. The lowest BCUT2D eigenvalue weighted by Crippen LogP contribution is -2.27. The molecule has 1 fully saturated rings. The summed E-state index contributed by atoms with van der Waals surface area (Å²) in [6.07, 6.45) is 1.37. The molecule has 1 saturated heterocycles. The van der Waals surface area contributed by atoms with Gasteiger partial charge >= 0.3 is 5.97 Å². The molecule has 0 radical (unpaired) electrons.